The third kappa shape index (κ3) is 69.7. The molecule has 1 N–H and O–H groups in total. The number of H-pyrrole nitrogens is 1. The van der Waals surface area contributed by atoms with Crippen molar-refractivity contribution >= 4 is 98.6 Å². The molecule has 0 spiro atoms. The molecule has 0 atom stereocenters. The van der Waals surface area contributed by atoms with Crippen LogP contribution in [0.2, 0.25) is 0 Å². The van der Waals surface area contributed by atoms with E-state index in [9.17, 15) is 0 Å². The molecule has 0 bridgehead atoms. The van der Waals surface area contributed by atoms with Crippen LogP contribution in [0.25, 0.3) is 98.6 Å². The van der Waals surface area contributed by atoms with E-state index < -0.39 is 0 Å². The zero-order chi connectivity index (χ0) is 101. The van der Waals surface area contributed by atoms with Crippen LogP contribution in [-0.4, -0.2) is 115 Å². The highest BCUT2D eigenvalue weighted by Gasteiger charge is 2.05. The summed E-state index contributed by atoms with van der Waals surface area (Å²) < 4.78 is 0. The fourth-order valence-electron chi connectivity index (χ4n) is 7.72. The van der Waals surface area contributed by atoms with Crippen LogP contribution < -0.4 is 0 Å². The van der Waals surface area contributed by atoms with Crippen molar-refractivity contribution in [3.05, 3.63) is 295 Å². The molecule has 23 nitrogen and oxygen atoms in total. The average Bonchev–Trinajstić information content (AvgIpc) is 1.83. The second-order valence-electron chi connectivity index (χ2n) is 42.2. The topological polar surface area (TPSA) is 299 Å². The average molecular weight is 1810 g/mol. The standard InChI is InChI=1S/4C8H6N2.4C7H5N3.C6H5N3.2C6H14.5C5H12.2C4H10/c1-3-7-4-2-6-10-8(7)9-5-1;2*1-2-7-6-9-5-3-8(7)10-4-1;1-2-7-3-5-9-6-8(7)10-4-1;1-2-8-3-6-4-9-5-10-7(1)6;1-2-8-4-7-6(1)3-9-5-10-7;1-2-6-7(9-3-1)4-8-5-10-6;1-2-6-4-8-5-10-7(6)9-3-1;1-2-5-4-8-9-6(5)7-3-1;2*1-5-6(2,3)4;5*1-5(2,3)4;2*1-4(2)3/h4*1-6H;4*1-5H;1-4H,(H,7,8,9);2*5H2,1-4H3;5*1-4H3;2*4H,1-3H3. The third-order valence-corrected chi connectivity index (χ3v) is 14.1. The molecule has 0 unspecified atom stereocenters. The Morgan fingerprint density at radius 1 is 0.209 bits per heavy atom. The number of pyridine rings is 13. The first-order chi connectivity index (χ1) is 62.8. The Morgan fingerprint density at radius 2 is 0.455 bits per heavy atom. The molecule has 0 amide bonds. The van der Waals surface area contributed by atoms with Gasteiger partial charge in [0.2, 0.25) is 0 Å². The number of hydrogen-bond donors (Lipinski definition) is 1. The normalized spacial score (nSPS) is 10.5. The van der Waals surface area contributed by atoms with Gasteiger partial charge in [-0.1, -0.05) is 254 Å². The molecule has 0 aliphatic rings. The zero-order valence-electron chi connectivity index (χ0n) is 87.1. The van der Waals surface area contributed by atoms with E-state index in [1.54, 1.807) is 130 Å². The number of hydrogen-bond acceptors (Lipinski definition) is 22. The molecule has 18 heterocycles. The fraction of sp³-hybridized carbons (Fsp3) is 0.405. The minimum atomic E-state index is 0.500. The molecular formula is C111H157N23. The molecule has 134 heavy (non-hydrogen) atoms. The van der Waals surface area contributed by atoms with Crippen molar-refractivity contribution in [3.8, 4) is 0 Å². The smallest absolute Gasteiger partial charge is 0.162 e. The Balaban J connectivity index is 0.000000716. The van der Waals surface area contributed by atoms with Crippen molar-refractivity contribution in [3.63, 3.8) is 0 Å². The summed E-state index contributed by atoms with van der Waals surface area (Å²) in [5.74, 6) is 1.67. The predicted molar refractivity (Wildman–Crippen MR) is 568 cm³/mol. The fourth-order valence-corrected chi connectivity index (χ4v) is 7.72. The van der Waals surface area contributed by atoms with Gasteiger partial charge in [0.05, 0.1) is 57.9 Å². The number of rotatable bonds is 0. The van der Waals surface area contributed by atoms with Crippen LogP contribution in [0.5, 0.6) is 0 Å². The zero-order valence-corrected chi connectivity index (χ0v) is 87.1. The van der Waals surface area contributed by atoms with E-state index in [4.69, 9.17) is 0 Å². The lowest BCUT2D eigenvalue weighted by Gasteiger charge is -2.12. The number of aromatic amines is 1. The maximum Gasteiger partial charge on any atom is 0.162 e. The van der Waals surface area contributed by atoms with Crippen molar-refractivity contribution in [2.45, 2.75) is 248 Å². The van der Waals surface area contributed by atoms with Crippen LogP contribution in [0.4, 0.5) is 0 Å². The Bertz CT molecular complexity index is 4480. The highest BCUT2D eigenvalue weighted by molar-refractivity contribution is 5.80. The summed E-state index contributed by atoms with van der Waals surface area (Å²) in [6, 6.07) is 40.4. The van der Waals surface area contributed by atoms with Gasteiger partial charge in [-0.05, 0) is 171 Å². The number of nitrogens with one attached hydrogen (secondary N) is 1. The van der Waals surface area contributed by atoms with Crippen LogP contribution >= 0.6 is 0 Å². The minimum Gasteiger partial charge on any atom is -0.264 e. The predicted octanol–water partition coefficient (Wildman–Crippen LogP) is 30.0. The Labute approximate surface area is 802 Å². The lowest BCUT2D eigenvalue weighted by Crippen LogP contribution is -2.00. The molecule has 0 saturated carbocycles. The second-order valence-corrected chi connectivity index (χ2v) is 42.2. The lowest BCUT2D eigenvalue weighted by atomic mass is 9.94. The molecule has 18 aromatic heterocycles. The van der Waals surface area contributed by atoms with Crippen molar-refractivity contribution in [1.82, 2.24) is 115 Å². The summed E-state index contributed by atoms with van der Waals surface area (Å²) in [5.41, 5.74) is 12.5. The molecule has 0 saturated heterocycles. The van der Waals surface area contributed by atoms with Gasteiger partial charge >= 0.3 is 0 Å². The van der Waals surface area contributed by atoms with Gasteiger partial charge < -0.3 is 0 Å². The van der Waals surface area contributed by atoms with Crippen LogP contribution in [0.3, 0.4) is 0 Å². The van der Waals surface area contributed by atoms with Crippen LogP contribution in [0, 0.1) is 49.7 Å². The summed E-state index contributed by atoms with van der Waals surface area (Å²) >= 11 is 0. The Hall–Kier alpha value is -13.2. The van der Waals surface area contributed by atoms with E-state index in [1.807, 2.05) is 140 Å². The SMILES string of the molecule is CC(C)(C)C.CC(C)(C)C.CC(C)(C)C.CC(C)(C)C.CC(C)(C)C.CC(C)C.CC(C)C.CCC(C)(C)C.CCC(C)(C)C.c1cc2cncnc2cn1.c1cc2ncncc2cn1.c1cnc2[nH]ncc2c1.c1cnc2ccncc2c1.c1cnc2ccncc2c1.c1cnc2cnccc2c1.c1cnc2cncnc2c1.c1cnc2ncccc2c1.c1cnc2ncncc2c1. The number of aromatic nitrogens is 23. The van der Waals surface area contributed by atoms with Gasteiger partial charge in [0.15, 0.2) is 16.9 Å². The van der Waals surface area contributed by atoms with E-state index in [0.717, 1.165) is 110 Å². The first kappa shape index (κ1) is 119. The highest BCUT2D eigenvalue weighted by Crippen LogP contribution is 2.19. The van der Waals surface area contributed by atoms with E-state index in [-0.39, 0.29) is 0 Å². The maximum absolute atomic E-state index is 4.14. The van der Waals surface area contributed by atoms with Gasteiger partial charge in [-0.25, -0.2) is 59.8 Å². The Kier molecular flexibility index (Phi) is 57.3. The summed E-state index contributed by atoms with van der Waals surface area (Å²) in [6.07, 6.45) is 48.9. The molecule has 0 aliphatic carbocycles. The quantitative estimate of drug-likeness (QED) is 0.147. The van der Waals surface area contributed by atoms with Crippen molar-refractivity contribution in [1.29, 1.82) is 0 Å². The van der Waals surface area contributed by atoms with Crippen LogP contribution in [-0.2, 0) is 0 Å². The first-order valence-corrected chi connectivity index (χ1v) is 45.6. The molecule has 23 heteroatoms. The number of fused-ring (bicyclic) bond motifs is 9. The maximum atomic E-state index is 4.14. The minimum absolute atomic E-state index is 0.500. The molecule has 0 radical (unpaired) electrons. The van der Waals surface area contributed by atoms with E-state index in [0.29, 0.717) is 37.9 Å². The summed E-state index contributed by atoms with van der Waals surface area (Å²) in [7, 11) is 0. The summed E-state index contributed by atoms with van der Waals surface area (Å²) in [4.78, 5) is 83.8. The third-order valence-electron chi connectivity index (χ3n) is 14.1. The van der Waals surface area contributed by atoms with Crippen molar-refractivity contribution in [2.24, 2.45) is 49.7 Å². The van der Waals surface area contributed by atoms with E-state index in [1.165, 1.54) is 38.2 Å². The lowest BCUT2D eigenvalue weighted by molar-refractivity contribution is 0.397. The molecule has 18 aromatic rings. The van der Waals surface area contributed by atoms with Crippen molar-refractivity contribution in [2.75, 3.05) is 0 Å². The van der Waals surface area contributed by atoms with Gasteiger partial charge in [-0.15, -0.1) is 0 Å². The Morgan fingerprint density at radius 3 is 0.821 bits per heavy atom. The molecule has 0 fully saturated rings. The van der Waals surface area contributed by atoms with Gasteiger partial charge in [-0.3, -0.25) is 50.0 Å². The van der Waals surface area contributed by atoms with Gasteiger partial charge in [0.25, 0.3) is 0 Å². The first-order valence-electron chi connectivity index (χ1n) is 45.6. The van der Waals surface area contributed by atoms with Gasteiger partial charge in [0, 0.05) is 161 Å². The summed E-state index contributed by atoms with van der Waals surface area (Å²) in [6.45, 7) is 74.6. The highest BCUT2D eigenvalue weighted by atomic mass is 15.1. The molecule has 0 aromatic carbocycles. The van der Waals surface area contributed by atoms with Crippen LogP contribution in [0.1, 0.15) is 248 Å². The monoisotopic (exact) mass is 1810 g/mol. The van der Waals surface area contributed by atoms with Gasteiger partial charge in [0.1, 0.15) is 30.8 Å². The second kappa shape index (κ2) is 64.6. The molecule has 716 valence electrons. The van der Waals surface area contributed by atoms with E-state index in [2.05, 4.69) is 350 Å². The molecule has 18 rings (SSSR count). The van der Waals surface area contributed by atoms with E-state index >= 15 is 0 Å². The largest absolute Gasteiger partial charge is 0.264 e. The molecular weight excluding hydrogens is 1660 g/mol. The van der Waals surface area contributed by atoms with Crippen molar-refractivity contribution < 1.29 is 0 Å². The van der Waals surface area contributed by atoms with Gasteiger partial charge in [-0.2, -0.15) is 5.10 Å². The van der Waals surface area contributed by atoms with Crippen LogP contribution in [0.15, 0.2) is 295 Å². The molecule has 0 aliphatic heterocycles. The number of nitrogens with zero attached hydrogens (tertiary/aromatic N) is 22. The summed E-state index contributed by atoms with van der Waals surface area (Å²) in [5, 5.41) is 15.0.